The van der Waals surface area contributed by atoms with Crippen LogP contribution in [0.2, 0.25) is 0 Å². The number of anilines is 1. The summed E-state index contributed by atoms with van der Waals surface area (Å²) in [6.07, 6.45) is 0.840. The van der Waals surface area contributed by atoms with Crippen LogP contribution in [0, 0.1) is 6.92 Å². The lowest BCUT2D eigenvalue weighted by Gasteiger charge is -2.36. The number of benzene rings is 2. The highest BCUT2D eigenvalue weighted by molar-refractivity contribution is 6.14. The fourth-order valence-corrected chi connectivity index (χ4v) is 3.13. The van der Waals surface area contributed by atoms with Crippen LogP contribution in [0.3, 0.4) is 0 Å². The molecule has 0 bridgehead atoms. The van der Waals surface area contributed by atoms with Crippen molar-refractivity contribution in [2.45, 2.75) is 19.1 Å². The number of aliphatic hydroxyl groups is 1. The van der Waals surface area contributed by atoms with Gasteiger partial charge in [-0.15, -0.1) is 0 Å². The van der Waals surface area contributed by atoms with Crippen LogP contribution in [0.15, 0.2) is 54.6 Å². The van der Waals surface area contributed by atoms with Crippen molar-refractivity contribution in [3.05, 3.63) is 65.7 Å². The summed E-state index contributed by atoms with van der Waals surface area (Å²) in [5, 5.41) is 11.2. The molecule has 1 N–H and O–H groups in total. The number of carbonyl (C=O) groups excluding carboxylic acids is 2. The Morgan fingerprint density at radius 1 is 1.11 bits per heavy atom. The van der Waals surface area contributed by atoms with Crippen LogP contribution in [-0.4, -0.2) is 36.8 Å². The number of rotatable bonds is 5. The third-order valence-corrected chi connectivity index (χ3v) is 4.57. The van der Waals surface area contributed by atoms with E-state index in [-0.39, 0.29) is 0 Å². The summed E-state index contributed by atoms with van der Waals surface area (Å²) >= 11 is 0. The van der Waals surface area contributed by atoms with E-state index in [0.29, 0.717) is 17.1 Å². The summed E-state index contributed by atoms with van der Waals surface area (Å²) in [7, 11) is 2.72. The molecule has 2 aromatic rings. The van der Waals surface area contributed by atoms with Gasteiger partial charge in [-0.25, -0.2) is 0 Å². The van der Waals surface area contributed by atoms with E-state index in [1.165, 1.54) is 25.2 Å². The van der Waals surface area contributed by atoms with Gasteiger partial charge in [0, 0.05) is 6.08 Å². The summed E-state index contributed by atoms with van der Waals surface area (Å²) in [4.78, 5) is 26.1. The van der Waals surface area contributed by atoms with Gasteiger partial charge in [-0.1, -0.05) is 42.0 Å². The Balaban J connectivity index is 2.17. The highest BCUT2D eigenvalue weighted by Crippen LogP contribution is 2.44. The monoisotopic (exact) mass is 367 g/mol. The second-order valence-corrected chi connectivity index (χ2v) is 6.34. The molecule has 6 heteroatoms. The maximum atomic E-state index is 12.8. The smallest absolute Gasteiger partial charge is 0.310 e. The SMILES string of the molecule is COC(=O)CC1(O)C(=O)C=C(c2ccc(C)cc2)N1c1ccccc1OC. The van der Waals surface area contributed by atoms with Crippen LogP contribution in [0.1, 0.15) is 17.5 Å². The number of carbonyl (C=O) groups is 2. The van der Waals surface area contributed by atoms with Gasteiger partial charge in [0.2, 0.25) is 11.5 Å². The van der Waals surface area contributed by atoms with Crippen molar-refractivity contribution < 1.29 is 24.2 Å². The number of methoxy groups -OCH3 is 2. The zero-order valence-electron chi connectivity index (χ0n) is 15.4. The molecule has 1 unspecified atom stereocenters. The van der Waals surface area contributed by atoms with E-state index in [9.17, 15) is 14.7 Å². The molecule has 1 aliphatic rings. The Hall–Kier alpha value is -3.12. The first-order valence-electron chi connectivity index (χ1n) is 8.46. The normalized spacial score (nSPS) is 19.0. The zero-order valence-corrected chi connectivity index (χ0v) is 15.4. The molecule has 1 aliphatic heterocycles. The number of para-hydroxylation sites is 2. The fraction of sp³-hybridized carbons (Fsp3) is 0.238. The van der Waals surface area contributed by atoms with Crippen LogP contribution < -0.4 is 9.64 Å². The summed E-state index contributed by atoms with van der Waals surface area (Å²) in [5.74, 6) is -0.813. The lowest BCUT2D eigenvalue weighted by atomic mass is 10.0. The Labute approximate surface area is 157 Å². The molecule has 0 aromatic heterocycles. The number of nitrogens with zero attached hydrogens (tertiary/aromatic N) is 1. The Morgan fingerprint density at radius 2 is 1.78 bits per heavy atom. The van der Waals surface area contributed by atoms with Crippen molar-refractivity contribution in [1.82, 2.24) is 0 Å². The number of ketones is 1. The Morgan fingerprint density at radius 3 is 2.41 bits per heavy atom. The van der Waals surface area contributed by atoms with Crippen molar-refractivity contribution in [3.63, 3.8) is 0 Å². The van der Waals surface area contributed by atoms with Gasteiger partial charge in [0.15, 0.2) is 0 Å². The van der Waals surface area contributed by atoms with E-state index in [1.807, 2.05) is 31.2 Å². The minimum atomic E-state index is -2.10. The van der Waals surface area contributed by atoms with E-state index in [2.05, 4.69) is 0 Å². The van der Waals surface area contributed by atoms with Crippen LogP contribution in [0.4, 0.5) is 5.69 Å². The second kappa shape index (κ2) is 7.25. The molecule has 0 saturated carbocycles. The van der Waals surface area contributed by atoms with Gasteiger partial charge in [-0.05, 0) is 24.6 Å². The van der Waals surface area contributed by atoms with Crippen LogP contribution in [0.5, 0.6) is 5.75 Å². The number of hydrogen-bond acceptors (Lipinski definition) is 6. The van der Waals surface area contributed by atoms with Gasteiger partial charge in [0.1, 0.15) is 12.2 Å². The molecule has 140 valence electrons. The number of esters is 1. The van der Waals surface area contributed by atoms with Gasteiger partial charge in [-0.3, -0.25) is 9.59 Å². The standard InChI is InChI=1S/C21H21NO5/c1-14-8-10-15(11-9-14)17-12-19(23)21(25,13-20(24)27-3)22(17)16-6-4-5-7-18(16)26-2/h4-12,25H,13H2,1-3H3. The topological polar surface area (TPSA) is 76.1 Å². The van der Waals surface area contributed by atoms with E-state index in [1.54, 1.807) is 24.3 Å². The molecule has 0 radical (unpaired) electrons. The second-order valence-electron chi connectivity index (χ2n) is 6.34. The number of aryl methyl sites for hydroxylation is 1. The third kappa shape index (κ3) is 3.31. The molecule has 1 heterocycles. The van der Waals surface area contributed by atoms with Crippen molar-refractivity contribution in [2.75, 3.05) is 19.1 Å². The fourth-order valence-electron chi connectivity index (χ4n) is 3.13. The predicted octanol–water partition coefficient (Wildman–Crippen LogP) is 2.69. The predicted molar refractivity (Wildman–Crippen MR) is 101 cm³/mol. The lowest BCUT2D eigenvalue weighted by Crippen LogP contribution is -2.51. The van der Waals surface area contributed by atoms with Crippen LogP contribution in [-0.2, 0) is 14.3 Å². The summed E-state index contributed by atoms with van der Waals surface area (Å²) < 4.78 is 10.1. The van der Waals surface area contributed by atoms with Crippen LogP contribution >= 0.6 is 0 Å². The van der Waals surface area contributed by atoms with E-state index < -0.39 is 23.9 Å². The number of ether oxygens (including phenoxy) is 2. The Kier molecular flexibility index (Phi) is 5.01. The molecule has 0 aliphatic carbocycles. The quantitative estimate of drug-likeness (QED) is 0.819. The largest absolute Gasteiger partial charge is 0.495 e. The van der Waals surface area contributed by atoms with Gasteiger partial charge >= 0.3 is 5.97 Å². The molecule has 3 rings (SSSR count). The average molecular weight is 367 g/mol. The first-order valence-corrected chi connectivity index (χ1v) is 8.46. The van der Waals surface area contributed by atoms with Crippen molar-refractivity contribution >= 4 is 23.1 Å². The molecule has 6 nitrogen and oxygen atoms in total. The highest BCUT2D eigenvalue weighted by Gasteiger charge is 2.50. The van der Waals surface area contributed by atoms with E-state index in [0.717, 1.165) is 11.1 Å². The molecule has 2 aromatic carbocycles. The maximum Gasteiger partial charge on any atom is 0.310 e. The first-order chi connectivity index (χ1) is 12.9. The van der Waals surface area contributed by atoms with Gasteiger partial charge in [0.25, 0.3) is 0 Å². The summed E-state index contributed by atoms with van der Waals surface area (Å²) in [5.41, 5.74) is 0.667. The molecule has 0 fully saturated rings. The molecule has 0 amide bonds. The van der Waals surface area contributed by atoms with E-state index >= 15 is 0 Å². The minimum absolute atomic E-state index is 0.466. The molecule has 0 saturated heterocycles. The highest BCUT2D eigenvalue weighted by atomic mass is 16.5. The molecule has 27 heavy (non-hydrogen) atoms. The average Bonchev–Trinajstić information content (AvgIpc) is 2.92. The molecular weight excluding hydrogens is 346 g/mol. The third-order valence-electron chi connectivity index (χ3n) is 4.57. The maximum absolute atomic E-state index is 12.8. The summed E-state index contributed by atoms with van der Waals surface area (Å²) in [6.45, 7) is 1.96. The molecular formula is C21H21NO5. The minimum Gasteiger partial charge on any atom is -0.495 e. The van der Waals surface area contributed by atoms with Gasteiger partial charge in [-0.2, -0.15) is 0 Å². The first kappa shape index (κ1) is 18.7. The number of hydrogen-bond donors (Lipinski definition) is 1. The zero-order chi connectivity index (χ0) is 19.6. The van der Waals surface area contributed by atoms with Gasteiger partial charge in [0.05, 0.1) is 25.6 Å². The van der Waals surface area contributed by atoms with Crippen molar-refractivity contribution in [3.8, 4) is 5.75 Å². The summed E-state index contributed by atoms with van der Waals surface area (Å²) in [6, 6.07) is 14.6. The van der Waals surface area contributed by atoms with Crippen molar-refractivity contribution in [2.24, 2.45) is 0 Å². The van der Waals surface area contributed by atoms with Gasteiger partial charge < -0.3 is 19.5 Å². The van der Waals surface area contributed by atoms with Crippen molar-refractivity contribution in [1.29, 1.82) is 0 Å². The Bertz CT molecular complexity index is 903. The lowest BCUT2D eigenvalue weighted by molar-refractivity contribution is -0.150. The van der Waals surface area contributed by atoms with E-state index in [4.69, 9.17) is 9.47 Å². The molecule has 1 atom stereocenters. The van der Waals surface area contributed by atoms with Crippen LogP contribution in [0.25, 0.3) is 5.70 Å². The molecule has 0 spiro atoms.